The standard InChI is InChI=1S/C16H13ClO2/c1-11-5-7-12(8-6-11)15(18)10-16(19)13-3-2-4-14(17)9-13/h2-9H,10H2,1H3. The maximum atomic E-state index is 12.0. The van der Waals surface area contributed by atoms with Crippen molar-refractivity contribution < 1.29 is 9.59 Å². The number of carbonyl (C=O) groups is 2. The molecule has 0 heterocycles. The third-order valence-corrected chi connectivity index (χ3v) is 3.08. The van der Waals surface area contributed by atoms with E-state index in [1.54, 1.807) is 36.4 Å². The van der Waals surface area contributed by atoms with Gasteiger partial charge in [0.25, 0.3) is 0 Å². The molecule has 0 aliphatic rings. The Kier molecular flexibility index (Phi) is 4.13. The maximum Gasteiger partial charge on any atom is 0.170 e. The van der Waals surface area contributed by atoms with E-state index in [0.717, 1.165) is 5.56 Å². The highest BCUT2D eigenvalue weighted by Gasteiger charge is 2.13. The van der Waals surface area contributed by atoms with Crippen LogP contribution in [0.25, 0.3) is 0 Å². The molecule has 0 aromatic heterocycles. The number of hydrogen-bond donors (Lipinski definition) is 0. The number of hydrogen-bond acceptors (Lipinski definition) is 2. The molecule has 0 radical (unpaired) electrons. The van der Waals surface area contributed by atoms with Crippen molar-refractivity contribution in [3.63, 3.8) is 0 Å². The minimum Gasteiger partial charge on any atom is -0.294 e. The van der Waals surface area contributed by atoms with Crippen LogP contribution < -0.4 is 0 Å². The van der Waals surface area contributed by atoms with Crippen LogP contribution in [0.2, 0.25) is 5.02 Å². The normalized spacial score (nSPS) is 10.2. The molecule has 0 amide bonds. The molecule has 2 aromatic rings. The molecule has 0 saturated carbocycles. The second-order valence-corrected chi connectivity index (χ2v) is 4.84. The molecule has 0 unspecified atom stereocenters. The van der Waals surface area contributed by atoms with Crippen molar-refractivity contribution in [1.29, 1.82) is 0 Å². The lowest BCUT2D eigenvalue weighted by molar-refractivity contribution is 0.0894. The van der Waals surface area contributed by atoms with Gasteiger partial charge in [-0.2, -0.15) is 0 Å². The summed E-state index contributed by atoms with van der Waals surface area (Å²) in [7, 11) is 0. The van der Waals surface area contributed by atoms with Gasteiger partial charge in [-0.1, -0.05) is 53.6 Å². The number of benzene rings is 2. The smallest absolute Gasteiger partial charge is 0.170 e. The van der Waals surface area contributed by atoms with Crippen molar-refractivity contribution >= 4 is 23.2 Å². The van der Waals surface area contributed by atoms with E-state index in [-0.39, 0.29) is 18.0 Å². The molecule has 2 aromatic carbocycles. The van der Waals surface area contributed by atoms with Gasteiger partial charge in [-0.25, -0.2) is 0 Å². The first-order chi connectivity index (χ1) is 9.06. The lowest BCUT2D eigenvalue weighted by Gasteiger charge is -2.02. The zero-order valence-electron chi connectivity index (χ0n) is 10.5. The Labute approximate surface area is 117 Å². The second kappa shape index (κ2) is 5.81. The third-order valence-electron chi connectivity index (χ3n) is 2.84. The van der Waals surface area contributed by atoms with Gasteiger partial charge in [0.15, 0.2) is 11.6 Å². The first kappa shape index (κ1) is 13.5. The van der Waals surface area contributed by atoms with E-state index >= 15 is 0 Å². The van der Waals surface area contributed by atoms with Crippen LogP contribution in [0.3, 0.4) is 0 Å². The fourth-order valence-electron chi connectivity index (χ4n) is 1.75. The molecule has 0 N–H and O–H groups in total. The highest BCUT2D eigenvalue weighted by Crippen LogP contribution is 2.14. The van der Waals surface area contributed by atoms with Gasteiger partial charge in [0.2, 0.25) is 0 Å². The van der Waals surface area contributed by atoms with Gasteiger partial charge in [-0.05, 0) is 19.1 Å². The Bertz CT molecular complexity index is 615. The van der Waals surface area contributed by atoms with Gasteiger partial charge >= 0.3 is 0 Å². The molecule has 2 nitrogen and oxygen atoms in total. The Morgan fingerprint density at radius 1 is 0.947 bits per heavy atom. The van der Waals surface area contributed by atoms with Crippen LogP contribution >= 0.6 is 11.6 Å². The summed E-state index contributed by atoms with van der Waals surface area (Å²) < 4.78 is 0. The third kappa shape index (κ3) is 3.52. The second-order valence-electron chi connectivity index (χ2n) is 4.40. The van der Waals surface area contributed by atoms with Crippen LogP contribution in [0.4, 0.5) is 0 Å². The first-order valence-corrected chi connectivity index (χ1v) is 6.33. The summed E-state index contributed by atoms with van der Waals surface area (Å²) in [6.45, 7) is 1.95. The molecule has 3 heteroatoms. The topological polar surface area (TPSA) is 34.1 Å². The van der Waals surface area contributed by atoms with E-state index in [1.807, 2.05) is 19.1 Å². The van der Waals surface area contributed by atoms with Crippen LogP contribution in [0.1, 0.15) is 32.7 Å². The summed E-state index contributed by atoms with van der Waals surface area (Å²) >= 11 is 5.82. The summed E-state index contributed by atoms with van der Waals surface area (Å²) in [6.07, 6.45) is -0.136. The zero-order valence-corrected chi connectivity index (χ0v) is 11.3. The lowest BCUT2D eigenvalue weighted by Crippen LogP contribution is -2.08. The summed E-state index contributed by atoms with van der Waals surface area (Å²) in [5.74, 6) is -0.391. The van der Waals surface area contributed by atoms with Crippen LogP contribution in [-0.2, 0) is 0 Å². The minimum atomic E-state index is -0.215. The van der Waals surface area contributed by atoms with Crippen molar-refractivity contribution in [1.82, 2.24) is 0 Å². The van der Waals surface area contributed by atoms with Gasteiger partial charge in [-0.3, -0.25) is 9.59 Å². The molecule has 0 fully saturated rings. The lowest BCUT2D eigenvalue weighted by atomic mass is 10.0. The van der Waals surface area contributed by atoms with Crippen molar-refractivity contribution in [3.8, 4) is 0 Å². The molecule has 0 bridgehead atoms. The van der Waals surface area contributed by atoms with Gasteiger partial charge in [0.05, 0.1) is 6.42 Å². The van der Waals surface area contributed by atoms with Crippen LogP contribution in [-0.4, -0.2) is 11.6 Å². The predicted molar refractivity (Wildman–Crippen MR) is 75.9 cm³/mol. The monoisotopic (exact) mass is 272 g/mol. The Hall–Kier alpha value is -1.93. The van der Waals surface area contributed by atoms with Crippen LogP contribution in [0.15, 0.2) is 48.5 Å². The van der Waals surface area contributed by atoms with Gasteiger partial charge in [-0.15, -0.1) is 0 Å². The number of aryl methyl sites for hydroxylation is 1. The quantitative estimate of drug-likeness (QED) is 0.620. The number of halogens is 1. The Balaban J connectivity index is 2.11. The summed E-state index contributed by atoms with van der Waals surface area (Å²) in [6, 6.07) is 13.8. The van der Waals surface area contributed by atoms with E-state index in [9.17, 15) is 9.59 Å². The van der Waals surface area contributed by atoms with Crippen molar-refractivity contribution in [2.24, 2.45) is 0 Å². The fourth-order valence-corrected chi connectivity index (χ4v) is 1.94. The van der Waals surface area contributed by atoms with Crippen molar-refractivity contribution in [2.45, 2.75) is 13.3 Å². The van der Waals surface area contributed by atoms with Gasteiger partial charge in [0.1, 0.15) is 0 Å². The molecule has 0 spiro atoms. The average Bonchev–Trinajstić information content (AvgIpc) is 2.39. The zero-order chi connectivity index (χ0) is 13.8. The molecule has 0 atom stereocenters. The van der Waals surface area contributed by atoms with Gasteiger partial charge in [0, 0.05) is 16.1 Å². The highest BCUT2D eigenvalue weighted by molar-refractivity contribution is 6.31. The first-order valence-electron chi connectivity index (χ1n) is 5.95. The Morgan fingerprint density at radius 3 is 2.21 bits per heavy atom. The summed E-state index contributed by atoms with van der Waals surface area (Å²) in [4.78, 5) is 23.9. The van der Waals surface area contributed by atoms with Crippen LogP contribution in [0, 0.1) is 6.92 Å². The van der Waals surface area contributed by atoms with Crippen LogP contribution in [0.5, 0.6) is 0 Å². The summed E-state index contributed by atoms with van der Waals surface area (Å²) in [5.41, 5.74) is 2.10. The number of Topliss-reactive ketones (excluding diaryl/α,β-unsaturated/α-hetero) is 2. The van der Waals surface area contributed by atoms with E-state index in [2.05, 4.69) is 0 Å². The average molecular weight is 273 g/mol. The van der Waals surface area contributed by atoms with Crippen molar-refractivity contribution in [3.05, 3.63) is 70.2 Å². The van der Waals surface area contributed by atoms with E-state index < -0.39 is 0 Å². The molecule has 96 valence electrons. The minimum absolute atomic E-state index is 0.136. The Morgan fingerprint density at radius 2 is 1.58 bits per heavy atom. The molecular weight excluding hydrogens is 260 g/mol. The number of carbonyl (C=O) groups excluding carboxylic acids is 2. The number of rotatable bonds is 4. The molecule has 19 heavy (non-hydrogen) atoms. The number of ketones is 2. The molecule has 0 aliphatic heterocycles. The largest absolute Gasteiger partial charge is 0.294 e. The summed E-state index contributed by atoms with van der Waals surface area (Å²) in [5, 5.41) is 0.494. The fraction of sp³-hybridized carbons (Fsp3) is 0.125. The molecule has 2 rings (SSSR count). The molecule has 0 saturated heterocycles. The molecule has 0 aliphatic carbocycles. The van der Waals surface area contributed by atoms with Crippen molar-refractivity contribution in [2.75, 3.05) is 0 Å². The maximum absolute atomic E-state index is 12.0. The van der Waals surface area contributed by atoms with Gasteiger partial charge < -0.3 is 0 Å². The van der Waals surface area contributed by atoms with E-state index in [4.69, 9.17) is 11.6 Å². The highest BCUT2D eigenvalue weighted by atomic mass is 35.5. The van der Waals surface area contributed by atoms with E-state index in [0.29, 0.717) is 16.1 Å². The SMILES string of the molecule is Cc1ccc(C(=O)CC(=O)c2cccc(Cl)c2)cc1. The molecular formula is C16H13ClO2. The van der Waals surface area contributed by atoms with E-state index in [1.165, 1.54) is 0 Å². The predicted octanol–water partition coefficient (Wildman–Crippen LogP) is 4.10.